The zero-order valence-electron chi connectivity index (χ0n) is 9.98. The Morgan fingerprint density at radius 2 is 1.62 bits per heavy atom. The maximum Gasteiger partial charge on any atom is 0.122 e. The fourth-order valence-electron chi connectivity index (χ4n) is 3.08. The molecule has 2 rings (SSSR count). The number of hydrogen-bond acceptors (Lipinski definition) is 2. The van der Waals surface area contributed by atoms with Gasteiger partial charge in [0.15, 0.2) is 0 Å². The summed E-state index contributed by atoms with van der Waals surface area (Å²) < 4.78 is 0. The molecule has 0 aromatic heterocycles. The molecule has 0 amide bonds. The molecule has 0 aliphatic heterocycles. The van der Waals surface area contributed by atoms with Crippen molar-refractivity contribution in [1.82, 2.24) is 0 Å². The van der Waals surface area contributed by atoms with Crippen molar-refractivity contribution in [2.75, 3.05) is 0 Å². The highest BCUT2D eigenvalue weighted by Gasteiger charge is 2.26. The Hall–Kier alpha value is -1.18. The molecule has 0 heterocycles. The molecule has 0 radical (unpaired) electrons. The molecule has 2 heteroatoms. The molecular weight excluding hydrogens is 200 g/mol. The van der Waals surface area contributed by atoms with Crippen LogP contribution in [0.15, 0.2) is 18.2 Å². The molecule has 88 valence electrons. The predicted octanol–water partition coefficient (Wildman–Crippen LogP) is 3.64. The first-order valence-electron chi connectivity index (χ1n) is 6.08. The summed E-state index contributed by atoms with van der Waals surface area (Å²) in [6.45, 7) is 4.56. The van der Waals surface area contributed by atoms with Gasteiger partial charge in [0.05, 0.1) is 0 Å². The van der Waals surface area contributed by atoms with Crippen molar-refractivity contribution in [1.29, 1.82) is 0 Å². The van der Waals surface area contributed by atoms with E-state index >= 15 is 0 Å². The Morgan fingerprint density at radius 1 is 1.00 bits per heavy atom. The van der Waals surface area contributed by atoms with Crippen LogP contribution < -0.4 is 0 Å². The normalized spacial score (nSPS) is 30.2. The molecule has 1 fully saturated rings. The Labute approximate surface area is 96.9 Å². The van der Waals surface area contributed by atoms with Crippen LogP contribution in [0.1, 0.15) is 44.6 Å². The molecule has 16 heavy (non-hydrogen) atoms. The highest BCUT2D eigenvalue weighted by atomic mass is 16.3. The third kappa shape index (κ3) is 2.31. The Bertz CT molecular complexity index is 363. The van der Waals surface area contributed by atoms with E-state index in [1.165, 1.54) is 12.5 Å². The maximum absolute atomic E-state index is 9.86. The van der Waals surface area contributed by atoms with Crippen molar-refractivity contribution in [2.45, 2.75) is 39.0 Å². The first-order chi connectivity index (χ1) is 7.56. The van der Waals surface area contributed by atoms with Gasteiger partial charge in [-0.25, -0.2) is 0 Å². The second-order valence-electron chi connectivity index (χ2n) is 5.36. The minimum Gasteiger partial charge on any atom is -0.508 e. The largest absolute Gasteiger partial charge is 0.508 e. The quantitative estimate of drug-likeness (QED) is 0.758. The molecule has 1 aromatic carbocycles. The lowest BCUT2D eigenvalue weighted by molar-refractivity contribution is 0.264. The van der Waals surface area contributed by atoms with Gasteiger partial charge in [0.2, 0.25) is 0 Å². The van der Waals surface area contributed by atoms with Gasteiger partial charge in [-0.15, -0.1) is 0 Å². The van der Waals surface area contributed by atoms with Crippen LogP contribution in [0.2, 0.25) is 0 Å². The topological polar surface area (TPSA) is 40.5 Å². The van der Waals surface area contributed by atoms with Gasteiger partial charge >= 0.3 is 0 Å². The minimum absolute atomic E-state index is 0.137. The summed E-state index contributed by atoms with van der Waals surface area (Å²) in [5, 5.41) is 19.1. The molecule has 1 saturated carbocycles. The van der Waals surface area contributed by atoms with E-state index in [2.05, 4.69) is 13.8 Å². The average Bonchev–Trinajstić information content (AvgIpc) is 2.15. The standard InChI is InChI=1S/C14H20O2/c1-9-5-10(2)7-11(6-9)13-4-3-12(15)8-14(13)16/h3-4,8-11,15-16H,5-7H2,1-2H3. The minimum atomic E-state index is 0.137. The van der Waals surface area contributed by atoms with Crippen LogP contribution in [-0.4, -0.2) is 10.2 Å². The van der Waals surface area contributed by atoms with Crippen LogP contribution in [0.3, 0.4) is 0 Å². The first kappa shape index (κ1) is 11.3. The van der Waals surface area contributed by atoms with E-state index in [9.17, 15) is 10.2 Å². The Morgan fingerprint density at radius 3 is 2.19 bits per heavy atom. The van der Waals surface area contributed by atoms with E-state index in [1.807, 2.05) is 6.07 Å². The van der Waals surface area contributed by atoms with E-state index in [4.69, 9.17) is 0 Å². The lowest BCUT2D eigenvalue weighted by atomic mass is 9.74. The van der Waals surface area contributed by atoms with Crippen molar-refractivity contribution in [3.8, 4) is 11.5 Å². The summed E-state index contributed by atoms with van der Waals surface area (Å²) in [5.74, 6) is 2.27. The Balaban J connectivity index is 2.23. The maximum atomic E-state index is 9.86. The fourth-order valence-corrected chi connectivity index (χ4v) is 3.08. The highest BCUT2D eigenvalue weighted by Crippen LogP contribution is 2.42. The summed E-state index contributed by atoms with van der Waals surface area (Å²) >= 11 is 0. The number of phenols is 2. The smallest absolute Gasteiger partial charge is 0.122 e. The molecule has 1 aliphatic carbocycles. The third-order valence-electron chi connectivity index (χ3n) is 3.63. The highest BCUT2D eigenvalue weighted by molar-refractivity contribution is 5.41. The van der Waals surface area contributed by atoms with Gasteiger partial charge < -0.3 is 10.2 Å². The SMILES string of the molecule is CC1CC(C)CC(c2ccc(O)cc2O)C1. The number of phenolic OH excluding ortho intramolecular Hbond substituents is 2. The molecule has 2 atom stereocenters. The van der Waals surface area contributed by atoms with Gasteiger partial charge in [-0.1, -0.05) is 19.9 Å². The van der Waals surface area contributed by atoms with Gasteiger partial charge in [0.25, 0.3) is 0 Å². The van der Waals surface area contributed by atoms with Crippen molar-refractivity contribution >= 4 is 0 Å². The molecule has 2 N–H and O–H groups in total. The van der Waals surface area contributed by atoms with Crippen LogP contribution >= 0.6 is 0 Å². The molecule has 2 unspecified atom stereocenters. The van der Waals surface area contributed by atoms with Gasteiger partial charge in [0.1, 0.15) is 11.5 Å². The van der Waals surface area contributed by atoms with Gasteiger partial charge in [-0.2, -0.15) is 0 Å². The fraction of sp³-hybridized carbons (Fsp3) is 0.571. The molecule has 2 nitrogen and oxygen atoms in total. The first-order valence-corrected chi connectivity index (χ1v) is 6.08. The summed E-state index contributed by atoms with van der Waals surface area (Å²) in [4.78, 5) is 0. The number of benzene rings is 1. The van der Waals surface area contributed by atoms with E-state index in [-0.39, 0.29) is 11.5 Å². The van der Waals surface area contributed by atoms with Crippen molar-refractivity contribution in [2.24, 2.45) is 11.8 Å². The van der Waals surface area contributed by atoms with E-state index in [0.29, 0.717) is 5.92 Å². The summed E-state index contributed by atoms with van der Waals surface area (Å²) in [7, 11) is 0. The average molecular weight is 220 g/mol. The van der Waals surface area contributed by atoms with Crippen LogP contribution in [0.4, 0.5) is 0 Å². The lowest BCUT2D eigenvalue weighted by Crippen LogP contribution is -2.18. The zero-order valence-corrected chi connectivity index (χ0v) is 9.98. The van der Waals surface area contributed by atoms with Gasteiger partial charge in [0, 0.05) is 6.07 Å². The van der Waals surface area contributed by atoms with Gasteiger partial charge in [-0.05, 0) is 48.6 Å². The van der Waals surface area contributed by atoms with E-state index in [0.717, 1.165) is 30.2 Å². The summed E-state index contributed by atoms with van der Waals surface area (Å²) in [5.41, 5.74) is 0.996. The van der Waals surface area contributed by atoms with Crippen LogP contribution in [0, 0.1) is 11.8 Å². The number of aromatic hydroxyl groups is 2. The van der Waals surface area contributed by atoms with E-state index in [1.54, 1.807) is 6.07 Å². The molecule has 1 aromatic rings. The van der Waals surface area contributed by atoms with Crippen LogP contribution in [0.25, 0.3) is 0 Å². The van der Waals surface area contributed by atoms with Crippen LogP contribution in [0.5, 0.6) is 11.5 Å². The molecule has 0 spiro atoms. The molecule has 1 aliphatic rings. The number of hydrogen-bond donors (Lipinski definition) is 2. The monoisotopic (exact) mass is 220 g/mol. The predicted molar refractivity (Wildman–Crippen MR) is 64.7 cm³/mol. The van der Waals surface area contributed by atoms with Crippen molar-refractivity contribution < 1.29 is 10.2 Å². The Kier molecular flexibility index (Phi) is 3.08. The van der Waals surface area contributed by atoms with E-state index < -0.39 is 0 Å². The van der Waals surface area contributed by atoms with Crippen LogP contribution in [-0.2, 0) is 0 Å². The van der Waals surface area contributed by atoms with Crippen molar-refractivity contribution in [3.63, 3.8) is 0 Å². The molecular formula is C14H20O2. The lowest BCUT2D eigenvalue weighted by Gasteiger charge is -2.32. The number of rotatable bonds is 1. The summed E-state index contributed by atoms with van der Waals surface area (Å²) in [6.07, 6.45) is 3.57. The zero-order chi connectivity index (χ0) is 11.7. The van der Waals surface area contributed by atoms with Crippen molar-refractivity contribution in [3.05, 3.63) is 23.8 Å². The second-order valence-corrected chi connectivity index (χ2v) is 5.36. The van der Waals surface area contributed by atoms with Gasteiger partial charge in [-0.3, -0.25) is 0 Å². The molecule has 0 saturated heterocycles. The molecule has 0 bridgehead atoms. The second kappa shape index (κ2) is 4.36. The summed E-state index contributed by atoms with van der Waals surface area (Å²) in [6, 6.07) is 4.97. The third-order valence-corrected chi connectivity index (χ3v) is 3.63.